The highest BCUT2D eigenvalue weighted by Crippen LogP contribution is 2.21. The third kappa shape index (κ3) is 4.39. The van der Waals surface area contributed by atoms with Crippen LogP contribution in [0.5, 0.6) is 0 Å². The molecule has 0 fully saturated rings. The van der Waals surface area contributed by atoms with Crippen molar-refractivity contribution < 1.29 is 16.8 Å². The zero-order chi connectivity index (χ0) is 19.7. The summed E-state index contributed by atoms with van der Waals surface area (Å²) in [5.41, 5.74) is 2.07. The van der Waals surface area contributed by atoms with E-state index in [-0.39, 0.29) is 16.3 Å². The second-order valence-electron chi connectivity index (χ2n) is 5.75. The molecule has 0 aliphatic carbocycles. The molecular formula is C16H17N5O4S2. The first kappa shape index (κ1) is 19.2. The minimum Gasteiger partial charge on any atom is -0.275 e. The second-order valence-corrected chi connectivity index (χ2v) is 9.08. The molecule has 2 heterocycles. The Morgan fingerprint density at radius 3 is 2.33 bits per heavy atom. The number of primary sulfonamides is 1. The summed E-state index contributed by atoms with van der Waals surface area (Å²) in [4.78, 5) is 4.08. The molecule has 3 rings (SSSR count). The van der Waals surface area contributed by atoms with E-state index in [0.717, 1.165) is 17.7 Å². The number of hydrogen-bond donors (Lipinski definition) is 2. The molecule has 0 aliphatic heterocycles. The minimum atomic E-state index is -3.89. The van der Waals surface area contributed by atoms with Gasteiger partial charge in [-0.05, 0) is 35.9 Å². The van der Waals surface area contributed by atoms with Gasteiger partial charge in [0.05, 0.1) is 21.7 Å². The van der Waals surface area contributed by atoms with Crippen LogP contribution in [0.4, 0.5) is 0 Å². The van der Waals surface area contributed by atoms with Crippen LogP contribution in [0.2, 0.25) is 0 Å². The predicted octanol–water partition coefficient (Wildman–Crippen LogP) is 0.608. The lowest BCUT2D eigenvalue weighted by atomic mass is 10.1. The highest BCUT2D eigenvalue weighted by atomic mass is 32.2. The van der Waals surface area contributed by atoms with Gasteiger partial charge >= 0.3 is 0 Å². The molecule has 0 saturated carbocycles. The van der Waals surface area contributed by atoms with Crippen molar-refractivity contribution in [2.45, 2.75) is 16.3 Å². The van der Waals surface area contributed by atoms with Gasteiger partial charge in [0.1, 0.15) is 0 Å². The lowest BCUT2D eigenvalue weighted by Crippen LogP contribution is -2.24. The van der Waals surface area contributed by atoms with E-state index in [1.54, 1.807) is 42.5 Å². The zero-order valence-electron chi connectivity index (χ0n) is 14.3. The van der Waals surface area contributed by atoms with Gasteiger partial charge in [-0.25, -0.2) is 26.7 Å². The fourth-order valence-electron chi connectivity index (χ4n) is 2.45. The highest BCUT2D eigenvalue weighted by molar-refractivity contribution is 7.89. The van der Waals surface area contributed by atoms with E-state index in [2.05, 4.69) is 14.8 Å². The van der Waals surface area contributed by atoms with Crippen molar-refractivity contribution in [3.63, 3.8) is 0 Å². The molecule has 0 atom stereocenters. The van der Waals surface area contributed by atoms with Crippen molar-refractivity contribution in [2.24, 2.45) is 12.2 Å². The van der Waals surface area contributed by atoms with E-state index >= 15 is 0 Å². The van der Waals surface area contributed by atoms with Gasteiger partial charge in [-0.15, -0.1) is 0 Å². The fourth-order valence-corrected chi connectivity index (χ4v) is 3.97. The SMILES string of the molecule is Cn1cc(-c2ncccc2CNS(=O)(=O)c2ccc(S(N)(=O)=O)cc2)cn1. The molecule has 27 heavy (non-hydrogen) atoms. The Bertz CT molecular complexity index is 1170. The van der Waals surface area contributed by atoms with Crippen molar-refractivity contribution in [3.8, 4) is 11.3 Å². The van der Waals surface area contributed by atoms with E-state index in [9.17, 15) is 16.8 Å². The van der Waals surface area contributed by atoms with Gasteiger partial charge in [-0.3, -0.25) is 9.67 Å². The fraction of sp³-hybridized carbons (Fsp3) is 0.125. The molecular weight excluding hydrogens is 390 g/mol. The van der Waals surface area contributed by atoms with Crippen LogP contribution < -0.4 is 9.86 Å². The molecule has 0 aliphatic rings. The van der Waals surface area contributed by atoms with Gasteiger partial charge in [-0.2, -0.15) is 5.10 Å². The number of hydrogen-bond acceptors (Lipinski definition) is 6. The largest absolute Gasteiger partial charge is 0.275 e. The molecule has 11 heteroatoms. The summed E-state index contributed by atoms with van der Waals surface area (Å²) in [5, 5.41) is 9.11. The summed E-state index contributed by atoms with van der Waals surface area (Å²) in [7, 11) is -5.96. The van der Waals surface area contributed by atoms with Crippen LogP contribution in [-0.2, 0) is 33.6 Å². The molecule has 0 bridgehead atoms. The van der Waals surface area contributed by atoms with Crippen molar-refractivity contribution in [1.82, 2.24) is 19.5 Å². The van der Waals surface area contributed by atoms with E-state index < -0.39 is 20.0 Å². The van der Waals surface area contributed by atoms with Crippen LogP contribution >= 0.6 is 0 Å². The Labute approximate surface area is 157 Å². The van der Waals surface area contributed by atoms with Crippen LogP contribution in [0, 0.1) is 0 Å². The summed E-state index contributed by atoms with van der Waals surface area (Å²) in [6.07, 6.45) is 5.05. The van der Waals surface area contributed by atoms with Crippen molar-refractivity contribution in [2.75, 3.05) is 0 Å². The molecule has 0 amide bonds. The number of aryl methyl sites for hydroxylation is 1. The van der Waals surface area contributed by atoms with Crippen LogP contribution in [-0.4, -0.2) is 31.6 Å². The van der Waals surface area contributed by atoms with Gasteiger partial charge in [0.15, 0.2) is 0 Å². The molecule has 0 radical (unpaired) electrons. The Balaban J connectivity index is 1.82. The average Bonchev–Trinajstić information content (AvgIpc) is 3.06. The van der Waals surface area contributed by atoms with Crippen molar-refractivity contribution in [1.29, 1.82) is 0 Å². The maximum absolute atomic E-state index is 12.5. The predicted molar refractivity (Wildman–Crippen MR) is 98.3 cm³/mol. The summed E-state index contributed by atoms with van der Waals surface area (Å²) in [5.74, 6) is 0. The number of sulfonamides is 2. The Morgan fingerprint density at radius 2 is 1.74 bits per heavy atom. The quantitative estimate of drug-likeness (QED) is 0.614. The standard InChI is InChI=1S/C16H17N5O4S2/c1-21-11-13(9-19-21)16-12(3-2-8-18-16)10-20-27(24,25)15-6-4-14(5-7-15)26(17,22)23/h2-9,11,20H,10H2,1H3,(H2,17,22,23). The number of aromatic nitrogens is 3. The molecule has 2 aromatic heterocycles. The molecule has 0 saturated heterocycles. The average molecular weight is 407 g/mol. The Hall–Kier alpha value is -2.60. The number of nitrogens with zero attached hydrogens (tertiary/aromatic N) is 3. The van der Waals surface area contributed by atoms with E-state index in [0.29, 0.717) is 11.3 Å². The Morgan fingerprint density at radius 1 is 1.07 bits per heavy atom. The molecule has 142 valence electrons. The lowest BCUT2D eigenvalue weighted by Gasteiger charge is -2.10. The summed E-state index contributed by atoms with van der Waals surface area (Å²) in [6, 6.07) is 8.15. The summed E-state index contributed by atoms with van der Waals surface area (Å²) in [6.45, 7) is 0.0112. The summed E-state index contributed by atoms with van der Waals surface area (Å²) >= 11 is 0. The van der Waals surface area contributed by atoms with E-state index in [1.165, 1.54) is 12.1 Å². The monoisotopic (exact) mass is 407 g/mol. The molecule has 3 N–H and O–H groups in total. The molecule has 3 aromatic rings. The minimum absolute atomic E-state index is 0.0112. The lowest BCUT2D eigenvalue weighted by molar-refractivity contribution is 0.580. The van der Waals surface area contributed by atoms with Crippen LogP contribution in [0.3, 0.4) is 0 Å². The Kier molecular flexibility index (Phi) is 5.11. The van der Waals surface area contributed by atoms with E-state index in [1.807, 2.05) is 0 Å². The van der Waals surface area contributed by atoms with Crippen molar-refractivity contribution in [3.05, 3.63) is 60.6 Å². The number of pyridine rings is 1. The maximum Gasteiger partial charge on any atom is 0.240 e. The normalized spacial score (nSPS) is 12.2. The highest BCUT2D eigenvalue weighted by Gasteiger charge is 2.17. The van der Waals surface area contributed by atoms with Crippen LogP contribution in [0.15, 0.2) is 64.8 Å². The molecule has 9 nitrogen and oxygen atoms in total. The van der Waals surface area contributed by atoms with E-state index in [4.69, 9.17) is 5.14 Å². The number of benzene rings is 1. The van der Waals surface area contributed by atoms with Crippen molar-refractivity contribution >= 4 is 20.0 Å². The van der Waals surface area contributed by atoms with Gasteiger partial charge in [-0.1, -0.05) is 6.07 Å². The zero-order valence-corrected chi connectivity index (χ0v) is 15.9. The van der Waals surface area contributed by atoms with Crippen LogP contribution in [0.1, 0.15) is 5.56 Å². The first-order chi connectivity index (χ1) is 12.7. The molecule has 0 spiro atoms. The van der Waals surface area contributed by atoms with Gasteiger partial charge in [0.25, 0.3) is 0 Å². The third-order valence-electron chi connectivity index (χ3n) is 3.78. The third-order valence-corrected chi connectivity index (χ3v) is 6.13. The molecule has 0 unspecified atom stereocenters. The topological polar surface area (TPSA) is 137 Å². The summed E-state index contributed by atoms with van der Waals surface area (Å²) < 4.78 is 51.7. The first-order valence-corrected chi connectivity index (χ1v) is 10.8. The first-order valence-electron chi connectivity index (χ1n) is 7.72. The van der Waals surface area contributed by atoms with Crippen LogP contribution in [0.25, 0.3) is 11.3 Å². The molecule has 1 aromatic carbocycles. The van der Waals surface area contributed by atoms with Gasteiger partial charge in [0.2, 0.25) is 20.0 Å². The number of nitrogens with one attached hydrogen (secondary N) is 1. The smallest absolute Gasteiger partial charge is 0.240 e. The van der Waals surface area contributed by atoms with Gasteiger partial charge < -0.3 is 0 Å². The number of nitrogens with two attached hydrogens (primary N) is 1. The maximum atomic E-state index is 12.5. The van der Waals surface area contributed by atoms with Gasteiger partial charge in [0, 0.05) is 31.5 Å². The second kappa shape index (κ2) is 7.19. The number of rotatable bonds is 6.